The van der Waals surface area contributed by atoms with Crippen LogP contribution in [0.25, 0.3) is 0 Å². The van der Waals surface area contributed by atoms with Gasteiger partial charge in [0.15, 0.2) is 0 Å². The Bertz CT molecular complexity index is 700. The molecule has 1 amide bonds. The van der Waals surface area contributed by atoms with Gasteiger partial charge in [0, 0.05) is 5.92 Å². The Labute approximate surface area is 133 Å². The number of amides is 1. The molecule has 8 heteroatoms. The fraction of sp³-hybridized carbons (Fsp3) is 0.462. The third-order valence-electron chi connectivity index (χ3n) is 3.71. The van der Waals surface area contributed by atoms with Gasteiger partial charge in [-0.1, -0.05) is 30.1 Å². The van der Waals surface area contributed by atoms with Crippen LogP contribution >= 0.6 is 23.2 Å². The van der Waals surface area contributed by atoms with Crippen molar-refractivity contribution < 1.29 is 13.2 Å². The lowest BCUT2D eigenvalue weighted by Crippen LogP contribution is -2.22. The van der Waals surface area contributed by atoms with Gasteiger partial charge < -0.3 is 5.32 Å². The maximum atomic E-state index is 12.1. The molecule has 1 saturated carbocycles. The maximum Gasteiger partial charge on any atom is 0.238 e. The Morgan fingerprint density at radius 2 is 2.00 bits per heavy atom. The third kappa shape index (κ3) is 3.51. The van der Waals surface area contributed by atoms with Crippen LogP contribution in [0.15, 0.2) is 11.0 Å². The van der Waals surface area contributed by atoms with Crippen LogP contribution in [0.3, 0.4) is 0 Å². The Balaban J connectivity index is 2.37. The van der Waals surface area contributed by atoms with Crippen molar-refractivity contribution in [1.29, 1.82) is 0 Å². The molecule has 0 bridgehead atoms. The first-order valence-corrected chi connectivity index (χ1v) is 8.75. The summed E-state index contributed by atoms with van der Waals surface area (Å²) in [6.45, 7) is 3.36. The normalized spacial score (nSPS) is 16.6. The van der Waals surface area contributed by atoms with Crippen LogP contribution in [-0.2, 0) is 14.8 Å². The fourth-order valence-electron chi connectivity index (χ4n) is 2.15. The monoisotopic (exact) mass is 350 g/mol. The number of hydrogen-bond acceptors (Lipinski definition) is 3. The summed E-state index contributed by atoms with van der Waals surface area (Å²) in [6, 6.07) is 1.20. The second-order valence-corrected chi connectivity index (χ2v) is 7.65. The highest BCUT2D eigenvalue weighted by molar-refractivity contribution is 7.89. The number of sulfonamides is 1. The number of carbonyl (C=O) groups excluding carboxylic acids is 1. The lowest BCUT2D eigenvalue weighted by atomic mass is 10.1. The van der Waals surface area contributed by atoms with Gasteiger partial charge in [0.2, 0.25) is 15.9 Å². The highest BCUT2D eigenvalue weighted by Gasteiger charge is 2.33. The minimum Gasteiger partial charge on any atom is -0.323 e. The zero-order valence-corrected chi connectivity index (χ0v) is 13.9. The molecule has 116 valence electrons. The molecule has 1 atom stereocenters. The van der Waals surface area contributed by atoms with Crippen molar-refractivity contribution in [2.45, 2.75) is 31.6 Å². The lowest BCUT2D eigenvalue weighted by molar-refractivity contribution is -0.119. The molecule has 3 N–H and O–H groups in total. The third-order valence-corrected chi connectivity index (χ3v) is 5.52. The van der Waals surface area contributed by atoms with E-state index in [1.54, 1.807) is 0 Å². The molecule has 1 aliphatic carbocycles. The predicted molar refractivity (Wildman–Crippen MR) is 83.1 cm³/mol. The van der Waals surface area contributed by atoms with Crippen LogP contribution < -0.4 is 10.5 Å². The number of anilines is 1. The van der Waals surface area contributed by atoms with Crippen molar-refractivity contribution in [1.82, 2.24) is 0 Å². The van der Waals surface area contributed by atoms with Gasteiger partial charge in [0.1, 0.15) is 0 Å². The van der Waals surface area contributed by atoms with Gasteiger partial charge in [-0.2, -0.15) is 0 Å². The van der Waals surface area contributed by atoms with E-state index in [0.717, 1.165) is 12.8 Å². The van der Waals surface area contributed by atoms with Crippen LogP contribution in [0.1, 0.15) is 25.3 Å². The predicted octanol–water partition coefficient (Wildman–Crippen LogP) is 2.93. The van der Waals surface area contributed by atoms with Crippen molar-refractivity contribution in [2.24, 2.45) is 17.0 Å². The van der Waals surface area contributed by atoms with Crippen LogP contribution in [0.2, 0.25) is 10.0 Å². The van der Waals surface area contributed by atoms with Gasteiger partial charge in [-0.3, -0.25) is 4.79 Å². The van der Waals surface area contributed by atoms with Crippen molar-refractivity contribution in [3.63, 3.8) is 0 Å². The Hall–Kier alpha value is -0.820. The van der Waals surface area contributed by atoms with E-state index >= 15 is 0 Å². The van der Waals surface area contributed by atoms with Crippen molar-refractivity contribution in [3.8, 4) is 0 Å². The first-order valence-electron chi connectivity index (χ1n) is 6.45. The largest absolute Gasteiger partial charge is 0.323 e. The lowest BCUT2D eigenvalue weighted by Gasteiger charge is -2.16. The molecule has 0 radical (unpaired) electrons. The zero-order chi connectivity index (χ0) is 15.9. The summed E-state index contributed by atoms with van der Waals surface area (Å²) >= 11 is 12.2. The van der Waals surface area contributed by atoms with E-state index in [0.29, 0.717) is 5.92 Å². The van der Waals surface area contributed by atoms with Crippen LogP contribution in [-0.4, -0.2) is 14.3 Å². The van der Waals surface area contributed by atoms with Crippen molar-refractivity contribution in [2.75, 3.05) is 5.32 Å². The number of rotatable bonds is 4. The first-order chi connectivity index (χ1) is 9.62. The maximum absolute atomic E-state index is 12.1. The molecule has 0 saturated heterocycles. The molecule has 0 aromatic heterocycles. The summed E-state index contributed by atoms with van der Waals surface area (Å²) in [5.74, 6) is 0.0896. The van der Waals surface area contributed by atoms with Gasteiger partial charge in [-0.15, -0.1) is 0 Å². The van der Waals surface area contributed by atoms with E-state index < -0.39 is 10.0 Å². The number of hydrogen-bond donors (Lipinski definition) is 2. The summed E-state index contributed by atoms with van der Waals surface area (Å²) in [7, 11) is -3.93. The number of carbonyl (C=O) groups is 1. The van der Waals surface area contributed by atoms with E-state index in [2.05, 4.69) is 5.32 Å². The SMILES string of the molecule is Cc1c(S(N)(=O)=O)cc(Cl)c(NC(=O)C(C)C2CC2)c1Cl. The quantitative estimate of drug-likeness (QED) is 0.874. The summed E-state index contributed by atoms with van der Waals surface area (Å²) in [6.07, 6.45) is 2.08. The minimum atomic E-state index is -3.93. The molecular formula is C13H16Cl2N2O3S. The van der Waals surface area contributed by atoms with Gasteiger partial charge in [-0.25, -0.2) is 13.6 Å². The highest BCUT2D eigenvalue weighted by atomic mass is 35.5. The molecule has 1 aromatic carbocycles. The standard InChI is InChI=1S/C13H16Cl2N2O3S/c1-6(8-3-4-8)13(18)17-12-9(14)5-10(21(16,19)20)7(2)11(12)15/h5-6,8H,3-4H2,1-2H3,(H,17,18)(H2,16,19,20). The molecule has 0 aliphatic heterocycles. The van der Waals surface area contributed by atoms with Gasteiger partial charge >= 0.3 is 0 Å². The van der Waals surface area contributed by atoms with Crippen LogP contribution in [0.4, 0.5) is 5.69 Å². The summed E-state index contributed by atoms with van der Waals surface area (Å²) in [4.78, 5) is 12.0. The summed E-state index contributed by atoms with van der Waals surface area (Å²) in [5, 5.41) is 7.92. The average Bonchev–Trinajstić information content (AvgIpc) is 3.20. The second-order valence-electron chi connectivity index (χ2n) is 5.33. The zero-order valence-electron chi connectivity index (χ0n) is 11.6. The number of benzene rings is 1. The van der Waals surface area contributed by atoms with Crippen molar-refractivity contribution >= 4 is 44.8 Å². The topological polar surface area (TPSA) is 89.3 Å². The van der Waals surface area contributed by atoms with Crippen LogP contribution in [0.5, 0.6) is 0 Å². The summed E-state index contributed by atoms with van der Waals surface area (Å²) < 4.78 is 22.9. The Morgan fingerprint density at radius 3 is 2.48 bits per heavy atom. The molecule has 1 aliphatic rings. The number of halogens is 2. The van der Waals surface area contributed by atoms with E-state index in [4.69, 9.17) is 28.3 Å². The molecule has 21 heavy (non-hydrogen) atoms. The van der Waals surface area contributed by atoms with E-state index in [1.807, 2.05) is 6.92 Å². The van der Waals surface area contributed by atoms with E-state index in [9.17, 15) is 13.2 Å². The number of nitrogens with one attached hydrogen (secondary N) is 1. The molecule has 1 unspecified atom stereocenters. The highest BCUT2D eigenvalue weighted by Crippen LogP contribution is 2.40. The van der Waals surface area contributed by atoms with Crippen molar-refractivity contribution in [3.05, 3.63) is 21.7 Å². The van der Waals surface area contributed by atoms with E-state index in [-0.39, 0.29) is 38.0 Å². The van der Waals surface area contributed by atoms with Gasteiger partial charge in [0.25, 0.3) is 0 Å². The van der Waals surface area contributed by atoms with Crippen LogP contribution in [0, 0.1) is 18.8 Å². The first kappa shape index (κ1) is 16.5. The molecule has 0 heterocycles. The average molecular weight is 351 g/mol. The summed E-state index contributed by atoms with van der Waals surface area (Å²) in [5.41, 5.74) is 0.485. The van der Waals surface area contributed by atoms with Gasteiger partial charge in [0.05, 0.1) is 20.6 Å². The van der Waals surface area contributed by atoms with Gasteiger partial charge in [-0.05, 0) is 37.3 Å². The number of nitrogens with two attached hydrogens (primary N) is 1. The molecule has 0 spiro atoms. The fourth-order valence-corrected chi connectivity index (χ4v) is 3.64. The second kappa shape index (κ2) is 5.76. The molecule has 1 aromatic rings. The molecule has 2 rings (SSSR count). The minimum absolute atomic E-state index is 0.0472. The smallest absolute Gasteiger partial charge is 0.238 e. The van der Waals surface area contributed by atoms with E-state index in [1.165, 1.54) is 13.0 Å². The molecule has 1 fully saturated rings. The Kier molecular flexibility index (Phi) is 4.54. The number of primary sulfonamides is 1. The molecular weight excluding hydrogens is 335 g/mol. The molecule has 5 nitrogen and oxygen atoms in total. The Morgan fingerprint density at radius 1 is 1.43 bits per heavy atom.